The zero-order chi connectivity index (χ0) is 13.1. The van der Waals surface area contributed by atoms with Crippen molar-refractivity contribution in [3.63, 3.8) is 0 Å². The van der Waals surface area contributed by atoms with E-state index in [9.17, 15) is 4.79 Å². The molecule has 102 valence electrons. The van der Waals surface area contributed by atoms with Crippen LogP contribution in [0, 0.1) is 6.92 Å². The Labute approximate surface area is 116 Å². The van der Waals surface area contributed by atoms with Crippen LogP contribution >= 0.6 is 12.4 Å². The summed E-state index contributed by atoms with van der Waals surface area (Å²) in [5.41, 5.74) is 7.76. The molecule has 0 bridgehead atoms. The van der Waals surface area contributed by atoms with Gasteiger partial charge in [-0.3, -0.25) is 4.79 Å². The third-order valence-electron chi connectivity index (χ3n) is 2.83. The highest BCUT2D eigenvalue weighted by molar-refractivity contribution is 5.96. The maximum atomic E-state index is 12.1. The molecular weight excluding hydrogens is 248 g/mol. The molecule has 0 aliphatic rings. The fourth-order valence-electron chi connectivity index (χ4n) is 1.95. The number of carbonyl (C=O) groups excluding carboxylic acids is 1. The molecule has 0 unspecified atom stereocenters. The van der Waals surface area contributed by atoms with Crippen LogP contribution in [0.2, 0.25) is 0 Å². The average Bonchev–Trinajstić information content (AvgIpc) is 2.20. The van der Waals surface area contributed by atoms with Crippen molar-refractivity contribution in [1.82, 2.24) is 5.32 Å². The van der Waals surface area contributed by atoms with Crippen LogP contribution in [-0.4, -0.2) is 11.4 Å². The molecule has 3 N–H and O–H groups in total. The summed E-state index contributed by atoms with van der Waals surface area (Å²) in [6.45, 7) is 8.10. The number of carbonyl (C=O) groups is 1. The molecule has 3 nitrogen and oxygen atoms in total. The van der Waals surface area contributed by atoms with Gasteiger partial charge in [-0.05, 0) is 44.9 Å². The number of hydrogen-bond acceptors (Lipinski definition) is 2. The molecule has 0 heterocycles. The quantitative estimate of drug-likeness (QED) is 0.825. The summed E-state index contributed by atoms with van der Waals surface area (Å²) in [4.78, 5) is 12.1. The van der Waals surface area contributed by atoms with E-state index >= 15 is 0 Å². The largest absolute Gasteiger partial charge is 0.399 e. The van der Waals surface area contributed by atoms with Crippen molar-refractivity contribution in [3.05, 3.63) is 29.3 Å². The van der Waals surface area contributed by atoms with E-state index in [1.54, 1.807) is 6.07 Å². The Hall–Kier alpha value is -1.22. The van der Waals surface area contributed by atoms with Crippen molar-refractivity contribution in [2.24, 2.45) is 0 Å². The monoisotopic (exact) mass is 270 g/mol. The Morgan fingerprint density at radius 1 is 1.39 bits per heavy atom. The molecule has 0 fully saturated rings. The first-order chi connectivity index (χ1) is 7.85. The van der Waals surface area contributed by atoms with Crippen LogP contribution < -0.4 is 11.1 Å². The van der Waals surface area contributed by atoms with Gasteiger partial charge in [0.05, 0.1) is 0 Å². The summed E-state index contributed by atoms with van der Waals surface area (Å²) >= 11 is 0. The molecule has 0 aliphatic heterocycles. The first-order valence-electron chi connectivity index (χ1n) is 6.04. The summed E-state index contributed by atoms with van der Waals surface area (Å²) < 4.78 is 0. The Kier molecular flexibility index (Phi) is 6.19. The van der Waals surface area contributed by atoms with E-state index in [1.807, 2.05) is 32.9 Å². The third kappa shape index (κ3) is 4.57. The molecule has 1 amide bonds. The first kappa shape index (κ1) is 16.8. The van der Waals surface area contributed by atoms with E-state index in [0.717, 1.165) is 18.4 Å². The smallest absolute Gasteiger partial charge is 0.252 e. The molecule has 0 saturated carbocycles. The zero-order valence-corrected chi connectivity index (χ0v) is 12.4. The minimum atomic E-state index is -0.178. The van der Waals surface area contributed by atoms with Crippen molar-refractivity contribution in [3.8, 4) is 0 Å². The van der Waals surface area contributed by atoms with Gasteiger partial charge in [0, 0.05) is 16.8 Å². The van der Waals surface area contributed by atoms with Crippen LogP contribution in [0.4, 0.5) is 5.69 Å². The van der Waals surface area contributed by atoms with Gasteiger partial charge in [-0.2, -0.15) is 0 Å². The number of nitrogens with two attached hydrogens (primary N) is 1. The van der Waals surface area contributed by atoms with E-state index in [2.05, 4.69) is 12.2 Å². The fraction of sp³-hybridized carbons (Fsp3) is 0.500. The average molecular weight is 271 g/mol. The molecule has 1 aromatic rings. The van der Waals surface area contributed by atoms with Gasteiger partial charge < -0.3 is 11.1 Å². The Balaban J connectivity index is 0.00000289. The Bertz CT molecular complexity index is 416. The number of amides is 1. The van der Waals surface area contributed by atoms with Crippen LogP contribution in [0.1, 0.15) is 49.5 Å². The molecule has 0 aromatic heterocycles. The van der Waals surface area contributed by atoms with Gasteiger partial charge in [0.1, 0.15) is 0 Å². The molecule has 0 spiro atoms. The maximum Gasteiger partial charge on any atom is 0.252 e. The van der Waals surface area contributed by atoms with E-state index < -0.39 is 0 Å². The van der Waals surface area contributed by atoms with Crippen LogP contribution in [0.15, 0.2) is 18.2 Å². The Morgan fingerprint density at radius 2 is 2.00 bits per heavy atom. The molecular formula is C14H23ClN2O. The minimum Gasteiger partial charge on any atom is -0.399 e. The summed E-state index contributed by atoms with van der Waals surface area (Å²) in [5.74, 6) is -0.0479. The predicted molar refractivity (Wildman–Crippen MR) is 79.3 cm³/mol. The number of nitrogens with one attached hydrogen (secondary N) is 1. The van der Waals surface area contributed by atoms with Gasteiger partial charge in [0.25, 0.3) is 5.91 Å². The van der Waals surface area contributed by atoms with Crippen molar-refractivity contribution in [1.29, 1.82) is 0 Å². The molecule has 1 rings (SSSR count). The lowest BCUT2D eigenvalue weighted by Crippen LogP contribution is -2.43. The summed E-state index contributed by atoms with van der Waals surface area (Å²) in [6, 6.07) is 5.41. The third-order valence-corrected chi connectivity index (χ3v) is 2.83. The second kappa shape index (κ2) is 6.64. The number of benzene rings is 1. The second-order valence-corrected chi connectivity index (χ2v) is 5.16. The van der Waals surface area contributed by atoms with Crippen LogP contribution in [0.5, 0.6) is 0 Å². The van der Waals surface area contributed by atoms with Gasteiger partial charge in [-0.15, -0.1) is 12.4 Å². The lowest BCUT2D eigenvalue weighted by atomic mass is 9.97. The SMILES string of the molecule is CCCC(C)(C)NC(=O)c1cc(N)ccc1C.Cl. The van der Waals surface area contributed by atoms with Crippen LogP contribution in [0.25, 0.3) is 0 Å². The summed E-state index contributed by atoms with van der Waals surface area (Å²) in [5, 5.41) is 3.05. The van der Waals surface area contributed by atoms with E-state index in [4.69, 9.17) is 5.73 Å². The van der Waals surface area contributed by atoms with Gasteiger partial charge in [-0.25, -0.2) is 0 Å². The van der Waals surface area contributed by atoms with Crippen LogP contribution in [-0.2, 0) is 0 Å². The number of aryl methyl sites for hydroxylation is 1. The van der Waals surface area contributed by atoms with E-state index in [-0.39, 0.29) is 23.9 Å². The Morgan fingerprint density at radius 3 is 2.56 bits per heavy atom. The fourth-order valence-corrected chi connectivity index (χ4v) is 1.95. The molecule has 4 heteroatoms. The van der Waals surface area contributed by atoms with Crippen molar-refractivity contribution < 1.29 is 4.79 Å². The van der Waals surface area contributed by atoms with Gasteiger partial charge >= 0.3 is 0 Å². The second-order valence-electron chi connectivity index (χ2n) is 5.16. The van der Waals surface area contributed by atoms with Crippen molar-refractivity contribution >= 4 is 24.0 Å². The maximum absolute atomic E-state index is 12.1. The number of halogens is 1. The highest BCUT2D eigenvalue weighted by Crippen LogP contribution is 2.16. The highest BCUT2D eigenvalue weighted by atomic mass is 35.5. The molecule has 0 radical (unpaired) electrons. The predicted octanol–water partition coefficient (Wildman–Crippen LogP) is 3.31. The first-order valence-corrected chi connectivity index (χ1v) is 6.04. The number of rotatable bonds is 4. The normalized spacial score (nSPS) is 10.7. The molecule has 18 heavy (non-hydrogen) atoms. The van der Waals surface area contributed by atoms with Crippen molar-refractivity contribution in [2.75, 3.05) is 5.73 Å². The summed E-state index contributed by atoms with van der Waals surface area (Å²) in [6.07, 6.45) is 2.00. The summed E-state index contributed by atoms with van der Waals surface area (Å²) in [7, 11) is 0. The lowest BCUT2D eigenvalue weighted by molar-refractivity contribution is 0.0908. The van der Waals surface area contributed by atoms with Gasteiger partial charge in [0.15, 0.2) is 0 Å². The number of anilines is 1. The number of hydrogen-bond donors (Lipinski definition) is 2. The topological polar surface area (TPSA) is 55.1 Å². The molecule has 0 saturated heterocycles. The lowest BCUT2D eigenvalue weighted by Gasteiger charge is -2.26. The standard InChI is InChI=1S/C14H22N2O.ClH/c1-5-8-14(3,4)16-13(17)12-9-11(15)7-6-10(12)2;/h6-7,9H,5,8,15H2,1-4H3,(H,16,17);1H. The van der Waals surface area contributed by atoms with E-state index in [1.165, 1.54) is 0 Å². The highest BCUT2D eigenvalue weighted by Gasteiger charge is 2.20. The van der Waals surface area contributed by atoms with E-state index in [0.29, 0.717) is 11.3 Å². The van der Waals surface area contributed by atoms with Crippen molar-refractivity contribution in [2.45, 2.75) is 46.1 Å². The van der Waals surface area contributed by atoms with Gasteiger partial charge in [0.2, 0.25) is 0 Å². The molecule has 1 aromatic carbocycles. The van der Waals surface area contributed by atoms with Gasteiger partial charge in [-0.1, -0.05) is 19.4 Å². The van der Waals surface area contributed by atoms with Crippen LogP contribution in [0.3, 0.4) is 0 Å². The minimum absolute atomic E-state index is 0. The molecule has 0 aliphatic carbocycles. The molecule has 0 atom stereocenters. The zero-order valence-electron chi connectivity index (χ0n) is 11.5. The number of nitrogen functional groups attached to an aromatic ring is 1.